The van der Waals surface area contributed by atoms with Crippen LogP contribution in [0.5, 0.6) is 0 Å². The Labute approximate surface area is 113 Å². The van der Waals surface area contributed by atoms with Crippen molar-refractivity contribution in [2.45, 2.75) is 43.9 Å². The number of esters is 1. The van der Waals surface area contributed by atoms with Crippen LogP contribution in [0.4, 0.5) is 4.39 Å². The summed E-state index contributed by atoms with van der Waals surface area (Å²) >= 11 is 4.07. The highest BCUT2D eigenvalue weighted by Gasteiger charge is 2.13. The Bertz CT molecular complexity index is 393. The van der Waals surface area contributed by atoms with E-state index in [1.54, 1.807) is 0 Å². The molecule has 1 rings (SSSR count). The molecule has 0 radical (unpaired) electrons. The molecule has 0 fully saturated rings. The minimum Gasteiger partial charge on any atom is -0.462 e. The van der Waals surface area contributed by atoms with Gasteiger partial charge in [-0.05, 0) is 24.6 Å². The summed E-state index contributed by atoms with van der Waals surface area (Å²) in [6, 6.07) is 4.11. The molecule has 0 heterocycles. The van der Waals surface area contributed by atoms with Gasteiger partial charge in [-0.25, -0.2) is 9.18 Å². The zero-order valence-corrected chi connectivity index (χ0v) is 11.5. The second kappa shape index (κ2) is 8.14. The molecule has 1 aromatic rings. The number of benzene rings is 1. The molecule has 1 aromatic carbocycles. The lowest BCUT2D eigenvalue weighted by Crippen LogP contribution is -2.08. The third-order valence-corrected chi connectivity index (χ3v) is 2.93. The van der Waals surface area contributed by atoms with Crippen molar-refractivity contribution in [3.8, 4) is 0 Å². The summed E-state index contributed by atoms with van der Waals surface area (Å²) in [7, 11) is 0. The van der Waals surface area contributed by atoms with Crippen LogP contribution >= 0.6 is 12.6 Å². The van der Waals surface area contributed by atoms with Gasteiger partial charge in [0.1, 0.15) is 5.82 Å². The largest absolute Gasteiger partial charge is 0.462 e. The van der Waals surface area contributed by atoms with Crippen molar-refractivity contribution in [3.63, 3.8) is 0 Å². The SMILES string of the molecule is CCCCCCCOC(=O)c1cc(S)ccc1F. The lowest BCUT2D eigenvalue weighted by molar-refractivity contribution is 0.0492. The first-order chi connectivity index (χ1) is 8.65. The number of hydrogen-bond acceptors (Lipinski definition) is 3. The molecule has 100 valence electrons. The highest BCUT2D eigenvalue weighted by atomic mass is 32.1. The van der Waals surface area contributed by atoms with Crippen LogP contribution < -0.4 is 0 Å². The molecule has 0 N–H and O–H groups in total. The fourth-order valence-corrected chi connectivity index (χ4v) is 1.82. The topological polar surface area (TPSA) is 26.3 Å². The third kappa shape index (κ3) is 5.08. The smallest absolute Gasteiger partial charge is 0.341 e. The molecule has 0 saturated heterocycles. The van der Waals surface area contributed by atoms with Crippen LogP contribution in [-0.2, 0) is 4.74 Å². The van der Waals surface area contributed by atoms with Crippen molar-refractivity contribution in [2.24, 2.45) is 0 Å². The van der Waals surface area contributed by atoms with E-state index >= 15 is 0 Å². The summed E-state index contributed by atoms with van der Waals surface area (Å²) in [4.78, 5) is 12.2. The van der Waals surface area contributed by atoms with Crippen LogP contribution in [0.1, 0.15) is 49.4 Å². The summed E-state index contributed by atoms with van der Waals surface area (Å²) in [6.07, 6.45) is 5.39. The van der Waals surface area contributed by atoms with E-state index in [1.807, 2.05) is 0 Å². The molecule has 0 aromatic heterocycles. The first-order valence-corrected chi connectivity index (χ1v) is 6.75. The average molecular weight is 270 g/mol. The van der Waals surface area contributed by atoms with Gasteiger partial charge in [0.25, 0.3) is 0 Å². The number of hydrogen-bond donors (Lipinski definition) is 1. The molecule has 0 unspecified atom stereocenters. The van der Waals surface area contributed by atoms with E-state index in [0.717, 1.165) is 19.3 Å². The highest BCUT2D eigenvalue weighted by Crippen LogP contribution is 2.14. The molecule has 0 aliphatic rings. The average Bonchev–Trinajstić information content (AvgIpc) is 2.36. The van der Waals surface area contributed by atoms with Crippen LogP contribution in [-0.4, -0.2) is 12.6 Å². The maximum absolute atomic E-state index is 13.4. The van der Waals surface area contributed by atoms with E-state index in [4.69, 9.17) is 4.74 Å². The predicted octanol–water partition coefficient (Wildman–Crippen LogP) is 4.24. The Kier molecular flexibility index (Phi) is 6.80. The highest BCUT2D eigenvalue weighted by molar-refractivity contribution is 7.80. The lowest BCUT2D eigenvalue weighted by Gasteiger charge is -2.06. The standard InChI is InChI=1S/C14H19FO2S/c1-2-3-4-5-6-9-17-14(16)12-10-11(18)7-8-13(12)15/h7-8,10,18H,2-6,9H2,1H3. The van der Waals surface area contributed by atoms with Gasteiger partial charge in [0.05, 0.1) is 12.2 Å². The second-order valence-corrected chi connectivity index (χ2v) is 4.73. The molecule has 0 atom stereocenters. The van der Waals surface area contributed by atoms with Crippen molar-refractivity contribution in [1.82, 2.24) is 0 Å². The first-order valence-electron chi connectivity index (χ1n) is 6.30. The Hall–Kier alpha value is -1.03. The summed E-state index contributed by atoms with van der Waals surface area (Å²) in [5.41, 5.74) is -0.0453. The van der Waals surface area contributed by atoms with Gasteiger partial charge in [-0.2, -0.15) is 0 Å². The molecule has 0 bridgehead atoms. The van der Waals surface area contributed by atoms with Crippen molar-refractivity contribution in [2.75, 3.05) is 6.61 Å². The van der Waals surface area contributed by atoms with Crippen LogP contribution in [0, 0.1) is 5.82 Å². The predicted molar refractivity (Wildman–Crippen MR) is 72.7 cm³/mol. The van der Waals surface area contributed by atoms with E-state index in [9.17, 15) is 9.18 Å². The van der Waals surface area contributed by atoms with Gasteiger partial charge in [-0.1, -0.05) is 32.6 Å². The number of halogens is 1. The molecule has 4 heteroatoms. The van der Waals surface area contributed by atoms with E-state index in [-0.39, 0.29) is 5.56 Å². The lowest BCUT2D eigenvalue weighted by atomic mass is 10.2. The molecule has 18 heavy (non-hydrogen) atoms. The fourth-order valence-electron chi connectivity index (χ4n) is 1.62. The normalized spacial score (nSPS) is 10.4. The van der Waals surface area contributed by atoms with E-state index < -0.39 is 11.8 Å². The molecule has 0 spiro atoms. The third-order valence-electron chi connectivity index (χ3n) is 2.65. The molecule has 0 aliphatic carbocycles. The summed E-state index contributed by atoms with van der Waals surface area (Å²) in [5, 5.41) is 0. The van der Waals surface area contributed by atoms with Gasteiger partial charge in [-0.3, -0.25) is 0 Å². The summed E-state index contributed by atoms with van der Waals surface area (Å²) < 4.78 is 18.4. The van der Waals surface area contributed by atoms with Gasteiger partial charge in [-0.15, -0.1) is 12.6 Å². The number of carbonyl (C=O) groups excluding carboxylic acids is 1. The monoisotopic (exact) mass is 270 g/mol. The van der Waals surface area contributed by atoms with Gasteiger partial charge >= 0.3 is 5.97 Å². The first kappa shape index (κ1) is 15.0. The number of rotatable bonds is 7. The Morgan fingerprint density at radius 2 is 2.00 bits per heavy atom. The zero-order chi connectivity index (χ0) is 13.4. The quantitative estimate of drug-likeness (QED) is 0.455. The summed E-state index contributed by atoms with van der Waals surface area (Å²) in [6.45, 7) is 2.49. The van der Waals surface area contributed by atoms with Crippen LogP contribution in [0.2, 0.25) is 0 Å². The van der Waals surface area contributed by atoms with Gasteiger partial charge < -0.3 is 4.74 Å². The zero-order valence-electron chi connectivity index (χ0n) is 10.6. The maximum atomic E-state index is 13.4. The van der Waals surface area contributed by atoms with E-state index in [1.165, 1.54) is 31.0 Å². The number of ether oxygens (including phenoxy) is 1. The minimum absolute atomic E-state index is 0.0453. The van der Waals surface area contributed by atoms with Crippen LogP contribution in [0.15, 0.2) is 23.1 Å². The maximum Gasteiger partial charge on any atom is 0.341 e. The van der Waals surface area contributed by atoms with Crippen molar-refractivity contribution >= 4 is 18.6 Å². The van der Waals surface area contributed by atoms with E-state index in [0.29, 0.717) is 11.5 Å². The minimum atomic E-state index is -0.612. The van der Waals surface area contributed by atoms with Crippen molar-refractivity contribution in [3.05, 3.63) is 29.6 Å². The number of carbonyl (C=O) groups is 1. The van der Waals surface area contributed by atoms with Gasteiger partial charge in [0.15, 0.2) is 0 Å². The molecule has 0 aliphatic heterocycles. The molecule has 0 saturated carbocycles. The molecular weight excluding hydrogens is 251 g/mol. The molecular formula is C14H19FO2S. The van der Waals surface area contributed by atoms with Gasteiger partial charge in [0, 0.05) is 4.90 Å². The van der Waals surface area contributed by atoms with Crippen molar-refractivity contribution in [1.29, 1.82) is 0 Å². The summed E-state index contributed by atoms with van der Waals surface area (Å²) in [5.74, 6) is -1.18. The fraction of sp³-hybridized carbons (Fsp3) is 0.500. The van der Waals surface area contributed by atoms with Crippen molar-refractivity contribution < 1.29 is 13.9 Å². The second-order valence-electron chi connectivity index (χ2n) is 4.21. The Morgan fingerprint density at radius 3 is 2.72 bits per heavy atom. The molecule has 2 nitrogen and oxygen atoms in total. The molecule has 0 amide bonds. The Balaban J connectivity index is 2.34. The number of unbranched alkanes of at least 4 members (excludes halogenated alkanes) is 4. The Morgan fingerprint density at radius 1 is 1.28 bits per heavy atom. The van der Waals surface area contributed by atoms with Crippen LogP contribution in [0.3, 0.4) is 0 Å². The van der Waals surface area contributed by atoms with Gasteiger partial charge in [0.2, 0.25) is 0 Å². The number of thiol groups is 1. The van der Waals surface area contributed by atoms with Crippen LogP contribution in [0.25, 0.3) is 0 Å². The van der Waals surface area contributed by atoms with E-state index in [2.05, 4.69) is 19.6 Å².